The predicted octanol–water partition coefficient (Wildman–Crippen LogP) is 3.45. The third kappa shape index (κ3) is 2.12. The minimum Gasteiger partial charge on any atom is -0.398 e. The van der Waals surface area contributed by atoms with Crippen molar-refractivity contribution in [3.05, 3.63) is 64.5 Å². The van der Waals surface area contributed by atoms with E-state index in [2.05, 4.69) is 11.0 Å². The minimum atomic E-state index is -0.119. The van der Waals surface area contributed by atoms with Crippen LogP contribution in [-0.2, 0) is 19.4 Å². The normalized spacial score (nSPS) is 21.1. The van der Waals surface area contributed by atoms with Gasteiger partial charge in [-0.05, 0) is 59.7 Å². The predicted molar refractivity (Wildman–Crippen MR) is 82.4 cm³/mol. The Labute approximate surface area is 124 Å². The average Bonchev–Trinajstić information content (AvgIpc) is 2.90. The summed E-state index contributed by atoms with van der Waals surface area (Å²) in [6.07, 6.45) is 3.09. The summed E-state index contributed by atoms with van der Waals surface area (Å²) in [6.45, 7) is 1.98. The van der Waals surface area contributed by atoms with Gasteiger partial charge in [0.1, 0.15) is 5.82 Å². The third-order valence-electron chi connectivity index (χ3n) is 4.92. The lowest BCUT2D eigenvalue weighted by atomic mass is 9.95. The maximum absolute atomic E-state index is 13.3. The van der Waals surface area contributed by atoms with Crippen molar-refractivity contribution in [1.82, 2.24) is 4.90 Å². The zero-order valence-corrected chi connectivity index (χ0v) is 12.0. The molecule has 0 bridgehead atoms. The van der Waals surface area contributed by atoms with Crippen LogP contribution in [0.15, 0.2) is 36.4 Å². The van der Waals surface area contributed by atoms with Gasteiger partial charge >= 0.3 is 0 Å². The second-order valence-corrected chi connectivity index (χ2v) is 6.10. The molecular weight excluding hydrogens is 263 g/mol. The Morgan fingerprint density at radius 3 is 2.90 bits per heavy atom. The molecule has 21 heavy (non-hydrogen) atoms. The van der Waals surface area contributed by atoms with Gasteiger partial charge in [0.2, 0.25) is 0 Å². The summed E-state index contributed by atoms with van der Waals surface area (Å²) >= 11 is 0. The highest BCUT2D eigenvalue weighted by Gasteiger charge is 2.30. The number of nitrogens with zero attached hydrogens (tertiary/aromatic N) is 1. The minimum absolute atomic E-state index is 0.119. The topological polar surface area (TPSA) is 29.3 Å². The number of anilines is 1. The Bertz CT molecular complexity index is 696. The van der Waals surface area contributed by atoms with Gasteiger partial charge in [0.25, 0.3) is 0 Å². The van der Waals surface area contributed by atoms with Crippen molar-refractivity contribution in [2.24, 2.45) is 0 Å². The van der Waals surface area contributed by atoms with Gasteiger partial charge in [-0.3, -0.25) is 4.90 Å². The van der Waals surface area contributed by atoms with Crippen molar-refractivity contribution in [2.75, 3.05) is 12.3 Å². The van der Waals surface area contributed by atoms with E-state index in [0.717, 1.165) is 38.0 Å². The van der Waals surface area contributed by atoms with E-state index in [4.69, 9.17) is 5.73 Å². The molecule has 1 unspecified atom stereocenters. The van der Waals surface area contributed by atoms with Gasteiger partial charge in [0.05, 0.1) is 0 Å². The lowest BCUT2D eigenvalue weighted by Gasteiger charge is -2.34. The van der Waals surface area contributed by atoms with E-state index >= 15 is 0 Å². The maximum Gasteiger partial charge on any atom is 0.123 e. The summed E-state index contributed by atoms with van der Waals surface area (Å²) < 4.78 is 13.3. The highest BCUT2D eigenvalue weighted by atomic mass is 19.1. The standard InChI is InChI=1S/C18H19FN2/c19-14-5-6-16-12(10-14)4-7-18(16)21-9-8-15-13(11-21)2-1-3-17(15)20/h1-3,5-6,10,18H,4,7-9,11,20H2. The number of benzene rings is 2. The largest absolute Gasteiger partial charge is 0.398 e. The quantitative estimate of drug-likeness (QED) is 0.812. The lowest BCUT2D eigenvalue weighted by molar-refractivity contribution is 0.179. The number of aryl methyl sites for hydroxylation is 1. The summed E-state index contributed by atoms with van der Waals surface area (Å²) in [4.78, 5) is 2.52. The molecule has 0 spiro atoms. The third-order valence-corrected chi connectivity index (χ3v) is 4.92. The van der Waals surface area contributed by atoms with Crippen molar-refractivity contribution in [3.63, 3.8) is 0 Å². The van der Waals surface area contributed by atoms with Crippen molar-refractivity contribution >= 4 is 5.69 Å². The van der Waals surface area contributed by atoms with Crippen LogP contribution < -0.4 is 5.73 Å². The first-order valence-electron chi connectivity index (χ1n) is 7.61. The molecule has 4 rings (SSSR count). The van der Waals surface area contributed by atoms with Crippen LogP contribution >= 0.6 is 0 Å². The molecule has 2 nitrogen and oxygen atoms in total. The first kappa shape index (κ1) is 12.8. The molecule has 1 heterocycles. The molecule has 0 aromatic heterocycles. The molecule has 0 saturated carbocycles. The lowest BCUT2D eigenvalue weighted by Crippen LogP contribution is -2.33. The monoisotopic (exact) mass is 282 g/mol. The molecule has 0 fully saturated rings. The van der Waals surface area contributed by atoms with Crippen LogP contribution in [0.2, 0.25) is 0 Å². The van der Waals surface area contributed by atoms with Crippen molar-refractivity contribution in [1.29, 1.82) is 0 Å². The van der Waals surface area contributed by atoms with Crippen LogP contribution in [-0.4, -0.2) is 11.4 Å². The molecule has 1 aliphatic carbocycles. The van der Waals surface area contributed by atoms with Gasteiger partial charge < -0.3 is 5.73 Å². The number of hydrogen-bond donors (Lipinski definition) is 1. The number of nitrogen functional groups attached to an aromatic ring is 1. The molecule has 0 amide bonds. The van der Waals surface area contributed by atoms with E-state index in [-0.39, 0.29) is 5.82 Å². The highest BCUT2D eigenvalue weighted by molar-refractivity contribution is 5.52. The van der Waals surface area contributed by atoms with E-state index in [9.17, 15) is 4.39 Å². The van der Waals surface area contributed by atoms with Gasteiger partial charge in [-0.15, -0.1) is 0 Å². The van der Waals surface area contributed by atoms with E-state index in [0.29, 0.717) is 6.04 Å². The van der Waals surface area contributed by atoms with Gasteiger partial charge in [-0.25, -0.2) is 4.39 Å². The molecule has 0 radical (unpaired) electrons. The summed E-state index contributed by atoms with van der Waals surface area (Å²) in [5.41, 5.74) is 12.1. The van der Waals surface area contributed by atoms with Crippen LogP contribution in [0.25, 0.3) is 0 Å². The highest BCUT2D eigenvalue weighted by Crippen LogP contribution is 2.39. The van der Waals surface area contributed by atoms with Crippen LogP contribution in [0.1, 0.15) is 34.7 Å². The van der Waals surface area contributed by atoms with Gasteiger partial charge in [0, 0.05) is 24.8 Å². The second kappa shape index (κ2) is 4.85. The fraction of sp³-hybridized carbons (Fsp3) is 0.333. The molecule has 2 N–H and O–H groups in total. The molecule has 2 aromatic carbocycles. The zero-order chi connectivity index (χ0) is 14.4. The van der Waals surface area contributed by atoms with Crippen molar-refractivity contribution < 1.29 is 4.39 Å². The SMILES string of the molecule is Nc1cccc2c1CCN(C1CCc3cc(F)ccc31)C2. The number of nitrogens with two attached hydrogens (primary N) is 1. The first-order valence-corrected chi connectivity index (χ1v) is 7.61. The van der Waals surface area contributed by atoms with Crippen LogP contribution in [0, 0.1) is 5.82 Å². The summed E-state index contributed by atoms with van der Waals surface area (Å²) in [5.74, 6) is -0.119. The van der Waals surface area contributed by atoms with Crippen molar-refractivity contribution in [2.45, 2.75) is 31.8 Å². The molecule has 108 valence electrons. The summed E-state index contributed by atoms with van der Waals surface area (Å²) in [7, 11) is 0. The molecule has 2 aromatic rings. The molecule has 1 aliphatic heterocycles. The number of hydrogen-bond acceptors (Lipinski definition) is 2. The smallest absolute Gasteiger partial charge is 0.123 e. The van der Waals surface area contributed by atoms with Crippen molar-refractivity contribution in [3.8, 4) is 0 Å². The van der Waals surface area contributed by atoms with E-state index in [1.54, 1.807) is 12.1 Å². The average molecular weight is 282 g/mol. The number of fused-ring (bicyclic) bond motifs is 2. The maximum atomic E-state index is 13.3. The molecule has 0 saturated heterocycles. The van der Waals surface area contributed by atoms with Crippen LogP contribution in [0.5, 0.6) is 0 Å². The van der Waals surface area contributed by atoms with Crippen LogP contribution in [0.3, 0.4) is 0 Å². The van der Waals surface area contributed by atoms with E-state index in [1.165, 1.54) is 22.3 Å². The molecule has 3 heteroatoms. The Balaban J connectivity index is 1.63. The van der Waals surface area contributed by atoms with Gasteiger partial charge in [-0.1, -0.05) is 18.2 Å². The fourth-order valence-electron chi connectivity index (χ4n) is 3.87. The van der Waals surface area contributed by atoms with Crippen LogP contribution in [0.4, 0.5) is 10.1 Å². The van der Waals surface area contributed by atoms with Gasteiger partial charge in [0.15, 0.2) is 0 Å². The summed E-state index contributed by atoms with van der Waals surface area (Å²) in [5, 5.41) is 0. The zero-order valence-electron chi connectivity index (χ0n) is 12.0. The van der Waals surface area contributed by atoms with E-state index < -0.39 is 0 Å². The Hall–Kier alpha value is -1.87. The fourth-order valence-corrected chi connectivity index (χ4v) is 3.87. The Morgan fingerprint density at radius 2 is 2.00 bits per heavy atom. The van der Waals surface area contributed by atoms with Gasteiger partial charge in [-0.2, -0.15) is 0 Å². The summed E-state index contributed by atoms with van der Waals surface area (Å²) in [6, 6.07) is 11.9. The second-order valence-electron chi connectivity index (χ2n) is 6.10. The molecular formula is C18H19FN2. The first-order chi connectivity index (χ1) is 10.2. The molecule has 1 atom stereocenters. The molecule has 2 aliphatic rings. The number of halogens is 1. The number of rotatable bonds is 1. The Kier molecular flexibility index (Phi) is 2.96. The van der Waals surface area contributed by atoms with E-state index in [1.807, 2.05) is 18.2 Å². The Morgan fingerprint density at radius 1 is 1.10 bits per heavy atom.